The molecule has 2 N–H and O–H groups in total. The highest BCUT2D eigenvalue weighted by molar-refractivity contribution is 6.31. The van der Waals surface area contributed by atoms with Gasteiger partial charge in [-0.05, 0) is 32.0 Å². The Bertz CT molecular complexity index is 967. The summed E-state index contributed by atoms with van der Waals surface area (Å²) in [7, 11) is 0. The molecule has 0 radical (unpaired) electrons. The summed E-state index contributed by atoms with van der Waals surface area (Å²) in [6.45, 7) is 6.72. The van der Waals surface area contributed by atoms with E-state index < -0.39 is 23.7 Å². The van der Waals surface area contributed by atoms with E-state index in [4.69, 9.17) is 16.3 Å². The Hall–Kier alpha value is -2.88. The molecule has 0 bridgehead atoms. The van der Waals surface area contributed by atoms with Crippen molar-refractivity contribution in [3.05, 3.63) is 46.2 Å². The van der Waals surface area contributed by atoms with Gasteiger partial charge in [-0.2, -0.15) is 13.2 Å². The summed E-state index contributed by atoms with van der Waals surface area (Å²) in [6, 6.07) is 3.21. The summed E-state index contributed by atoms with van der Waals surface area (Å²) in [5.41, 5.74) is -0.167. The molecule has 2 rings (SSSR count). The molecule has 0 fully saturated rings. The maximum absolute atomic E-state index is 12.7. The van der Waals surface area contributed by atoms with Crippen molar-refractivity contribution in [2.24, 2.45) is 5.92 Å². The van der Waals surface area contributed by atoms with Crippen LogP contribution in [0.5, 0.6) is 5.88 Å². The number of ether oxygens (including phenoxy) is 1. The number of pyridine rings is 2. The van der Waals surface area contributed by atoms with Crippen LogP contribution in [0.15, 0.2) is 24.4 Å². The SMILES string of the molecule is Cc1cc(C(=O)N[C@H](C)COc2ncc(C(F)(F)F)cc2Cl)cc(NC(=O)C(C)C)n1. The zero-order valence-corrected chi connectivity index (χ0v) is 18.1. The van der Waals surface area contributed by atoms with Crippen LogP contribution in [0.4, 0.5) is 19.0 Å². The molecule has 7 nitrogen and oxygen atoms in total. The average Bonchev–Trinajstić information content (AvgIpc) is 2.65. The van der Waals surface area contributed by atoms with Crippen LogP contribution in [0.3, 0.4) is 0 Å². The van der Waals surface area contributed by atoms with Crippen molar-refractivity contribution < 1.29 is 27.5 Å². The number of alkyl halides is 3. The number of carbonyl (C=O) groups excluding carboxylic acids is 2. The molecule has 0 saturated carbocycles. The molecule has 11 heteroatoms. The van der Waals surface area contributed by atoms with E-state index in [-0.39, 0.29) is 40.7 Å². The van der Waals surface area contributed by atoms with Crippen molar-refractivity contribution in [3.8, 4) is 5.88 Å². The number of halogens is 4. The molecule has 2 aromatic heterocycles. The molecule has 31 heavy (non-hydrogen) atoms. The van der Waals surface area contributed by atoms with E-state index in [1.54, 1.807) is 33.8 Å². The minimum Gasteiger partial charge on any atom is -0.474 e. The van der Waals surface area contributed by atoms with E-state index >= 15 is 0 Å². The monoisotopic (exact) mass is 458 g/mol. The molecule has 0 aliphatic heterocycles. The van der Waals surface area contributed by atoms with Crippen LogP contribution in [0, 0.1) is 12.8 Å². The lowest BCUT2D eigenvalue weighted by Gasteiger charge is -2.16. The molecular formula is C20H22ClF3N4O3. The van der Waals surface area contributed by atoms with E-state index in [1.807, 2.05) is 0 Å². The number of aromatic nitrogens is 2. The zero-order valence-electron chi connectivity index (χ0n) is 17.3. The zero-order chi connectivity index (χ0) is 23.3. The minimum absolute atomic E-state index is 0.0785. The van der Waals surface area contributed by atoms with Gasteiger partial charge in [0.2, 0.25) is 11.8 Å². The first-order chi connectivity index (χ1) is 14.4. The van der Waals surface area contributed by atoms with Crippen molar-refractivity contribution >= 4 is 29.2 Å². The second-order valence-electron chi connectivity index (χ2n) is 7.22. The van der Waals surface area contributed by atoms with E-state index in [9.17, 15) is 22.8 Å². The molecule has 1 atom stereocenters. The molecule has 168 valence electrons. The fraction of sp³-hybridized carbons (Fsp3) is 0.400. The van der Waals surface area contributed by atoms with Gasteiger partial charge in [0, 0.05) is 23.4 Å². The molecule has 2 amide bonds. The van der Waals surface area contributed by atoms with Gasteiger partial charge < -0.3 is 15.4 Å². The van der Waals surface area contributed by atoms with Crippen LogP contribution in [0.1, 0.15) is 42.4 Å². The van der Waals surface area contributed by atoms with Crippen LogP contribution in [0.2, 0.25) is 5.02 Å². The van der Waals surface area contributed by atoms with Gasteiger partial charge in [0.1, 0.15) is 17.4 Å². The summed E-state index contributed by atoms with van der Waals surface area (Å²) >= 11 is 5.80. The van der Waals surface area contributed by atoms with E-state index in [1.165, 1.54) is 6.07 Å². The largest absolute Gasteiger partial charge is 0.474 e. The van der Waals surface area contributed by atoms with Gasteiger partial charge in [-0.3, -0.25) is 9.59 Å². The van der Waals surface area contributed by atoms with Crippen LogP contribution >= 0.6 is 11.6 Å². The van der Waals surface area contributed by atoms with Crippen molar-refractivity contribution in [2.75, 3.05) is 11.9 Å². The number of hydrogen-bond donors (Lipinski definition) is 2. The molecule has 0 aliphatic rings. The molecule has 2 heterocycles. The van der Waals surface area contributed by atoms with Crippen LogP contribution < -0.4 is 15.4 Å². The predicted molar refractivity (Wildman–Crippen MR) is 109 cm³/mol. The highest BCUT2D eigenvalue weighted by Gasteiger charge is 2.31. The minimum atomic E-state index is -4.56. The molecule has 0 saturated heterocycles. The third-order valence-electron chi connectivity index (χ3n) is 3.97. The Morgan fingerprint density at radius 1 is 1.19 bits per heavy atom. The number of nitrogens with zero attached hydrogens (tertiary/aromatic N) is 2. The van der Waals surface area contributed by atoms with Crippen LogP contribution in [-0.4, -0.2) is 34.4 Å². The smallest absolute Gasteiger partial charge is 0.417 e. The Balaban J connectivity index is 2.00. The highest BCUT2D eigenvalue weighted by Crippen LogP contribution is 2.33. The topological polar surface area (TPSA) is 93.2 Å². The second kappa shape index (κ2) is 9.95. The fourth-order valence-electron chi connectivity index (χ4n) is 2.37. The average molecular weight is 459 g/mol. The van der Waals surface area contributed by atoms with E-state index in [0.717, 1.165) is 6.07 Å². The van der Waals surface area contributed by atoms with Crippen molar-refractivity contribution in [2.45, 2.75) is 39.9 Å². The summed E-state index contributed by atoms with van der Waals surface area (Å²) < 4.78 is 43.3. The maximum atomic E-state index is 12.7. The van der Waals surface area contributed by atoms with Crippen molar-refractivity contribution in [3.63, 3.8) is 0 Å². The number of hydrogen-bond acceptors (Lipinski definition) is 5. The van der Waals surface area contributed by atoms with Gasteiger partial charge in [0.05, 0.1) is 11.6 Å². The molecule has 0 unspecified atom stereocenters. The standard InChI is InChI=1S/C20H22ClF3N4O3/c1-10(2)17(29)28-16-6-13(5-11(3)26-16)18(30)27-12(4)9-31-19-15(21)7-14(8-25-19)20(22,23)24/h5-8,10,12H,9H2,1-4H3,(H,27,30)(H,26,28,29)/t12-/m1/s1. The number of aryl methyl sites for hydroxylation is 1. The molecule has 0 aliphatic carbocycles. The number of carbonyl (C=O) groups is 2. The van der Waals surface area contributed by atoms with E-state index in [2.05, 4.69) is 20.6 Å². The third kappa shape index (κ3) is 7.09. The lowest BCUT2D eigenvalue weighted by Crippen LogP contribution is -2.37. The van der Waals surface area contributed by atoms with Crippen LogP contribution in [-0.2, 0) is 11.0 Å². The van der Waals surface area contributed by atoms with Gasteiger partial charge in [-0.15, -0.1) is 0 Å². The molecular weight excluding hydrogens is 437 g/mol. The fourth-order valence-corrected chi connectivity index (χ4v) is 2.59. The third-order valence-corrected chi connectivity index (χ3v) is 4.24. The highest BCUT2D eigenvalue weighted by atomic mass is 35.5. The Kier molecular flexibility index (Phi) is 7.83. The van der Waals surface area contributed by atoms with Gasteiger partial charge in [-0.1, -0.05) is 25.4 Å². The van der Waals surface area contributed by atoms with Gasteiger partial charge in [0.25, 0.3) is 5.91 Å². The quantitative estimate of drug-likeness (QED) is 0.647. The number of nitrogens with one attached hydrogen (secondary N) is 2. The Morgan fingerprint density at radius 2 is 1.87 bits per heavy atom. The maximum Gasteiger partial charge on any atom is 0.417 e. The van der Waals surface area contributed by atoms with Gasteiger partial charge in [0.15, 0.2) is 0 Å². The lowest BCUT2D eigenvalue weighted by molar-refractivity contribution is -0.137. The van der Waals surface area contributed by atoms with Gasteiger partial charge in [-0.25, -0.2) is 9.97 Å². The van der Waals surface area contributed by atoms with E-state index in [0.29, 0.717) is 11.9 Å². The van der Waals surface area contributed by atoms with Gasteiger partial charge >= 0.3 is 6.18 Å². The first-order valence-corrected chi connectivity index (χ1v) is 9.70. The Morgan fingerprint density at radius 3 is 2.45 bits per heavy atom. The summed E-state index contributed by atoms with van der Waals surface area (Å²) in [6.07, 6.45) is -3.94. The molecule has 0 aromatic carbocycles. The first kappa shape index (κ1) is 24.4. The first-order valence-electron chi connectivity index (χ1n) is 9.32. The number of rotatable bonds is 7. The summed E-state index contributed by atoms with van der Waals surface area (Å²) in [5, 5.41) is 5.05. The molecule has 0 spiro atoms. The van der Waals surface area contributed by atoms with Crippen molar-refractivity contribution in [1.29, 1.82) is 0 Å². The molecule has 2 aromatic rings. The second-order valence-corrected chi connectivity index (χ2v) is 7.63. The predicted octanol–water partition coefficient (Wildman–Crippen LogP) is 4.25. The summed E-state index contributed by atoms with van der Waals surface area (Å²) in [5.74, 6) is -0.828. The Labute approximate surface area is 182 Å². The summed E-state index contributed by atoms with van der Waals surface area (Å²) in [4.78, 5) is 32.2. The number of amides is 2. The number of anilines is 1. The lowest BCUT2D eigenvalue weighted by atomic mass is 10.2. The van der Waals surface area contributed by atoms with Crippen molar-refractivity contribution in [1.82, 2.24) is 15.3 Å². The van der Waals surface area contributed by atoms with Crippen LogP contribution in [0.25, 0.3) is 0 Å². The normalized spacial score (nSPS) is 12.4.